The molecule has 4 aromatic heterocycles. The Morgan fingerprint density at radius 1 is 0.365 bits per heavy atom. The van der Waals surface area contributed by atoms with Crippen molar-refractivity contribution in [1.29, 1.82) is 0 Å². The summed E-state index contributed by atoms with van der Waals surface area (Å²) in [4.78, 5) is 15.6. The molecule has 0 radical (unpaired) electrons. The first kappa shape index (κ1) is 35.6. The van der Waals surface area contributed by atoms with Gasteiger partial charge in [-0.2, -0.15) is 0 Å². The van der Waals surface area contributed by atoms with Crippen LogP contribution in [0.25, 0.3) is 126 Å². The summed E-state index contributed by atoms with van der Waals surface area (Å²) in [5.41, 5.74) is 12.5. The molecule has 0 N–H and O–H groups in total. The highest BCUT2D eigenvalue weighted by Crippen LogP contribution is 2.47. The maximum atomic E-state index is 6.46. The first-order valence-corrected chi connectivity index (χ1v) is 21.9. The lowest BCUT2D eigenvalue weighted by atomic mass is 9.95. The van der Waals surface area contributed by atoms with Gasteiger partial charge in [-0.15, -0.1) is 11.3 Å². The van der Waals surface area contributed by atoms with Gasteiger partial charge in [0, 0.05) is 64.1 Å². The van der Waals surface area contributed by atoms with Gasteiger partial charge in [0.2, 0.25) is 0 Å². The molecule has 9 aromatic carbocycles. The van der Waals surface area contributed by atoms with Crippen molar-refractivity contribution < 1.29 is 4.42 Å². The van der Waals surface area contributed by atoms with Crippen LogP contribution in [0.5, 0.6) is 0 Å². The molecule has 0 amide bonds. The van der Waals surface area contributed by atoms with E-state index in [1.165, 1.54) is 31.9 Å². The largest absolute Gasteiger partial charge is 0.456 e. The van der Waals surface area contributed by atoms with Crippen LogP contribution in [0, 0.1) is 0 Å². The highest BCUT2D eigenvalue weighted by atomic mass is 32.1. The molecule has 6 heteroatoms. The second kappa shape index (κ2) is 14.2. The van der Waals surface area contributed by atoms with Crippen LogP contribution < -0.4 is 0 Å². The molecule has 0 fully saturated rings. The number of rotatable bonds is 6. The average molecular weight is 823 g/mol. The van der Waals surface area contributed by atoms with Gasteiger partial charge in [-0.3, -0.25) is 0 Å². The fourth-order valence-corrected chi connectivity index (χ4v) is 10.6. The van der Waals surface area contributed by atoms with E-state index < -0.39 is 0 Å². The Kier molecular flexibility index (Phi) is 8.01. The fraction of sp³-hybridized carbons (Fsp3) is 0. The van der Waals surface area contributed by atoms with Crippen LogP contribution in [0.2, 0.25) is 0 Å². The molecule has 0 unspecified atom stereocenters. The van der Waals surface area contributed by atoms with Gasteiger partial charge in [0.15, 0.2) is 17.5 Å². The third-order valence-corrected chi connectivity index (χ3v) is 13.4. The predicted octanol–water partition coefficient (Wildman–Crippen LogP) is 15.6. The topological polar surface area (TPSA) is 56.7 Å². The number of hydrogen-bond acceptors (Lipinski definition) is 5. The van der Waals surface area contributed by atoms with Crippen LogP contribution >= 0.6 is 11.3 Å². The molecule has 0 aliphatic heterocycles. The van der Waals surface area contributed by atoms with Crippen molar-refractivity contribution >= 4 is 75.3 Å². The van der Waals surface area contributed by atoms with Crippen molar-refractivity contribution in [2.75, 3.05) is 0 Å². The van der Waals surface area contributed by atoms with E-state index in [9.17, 15) is 0 Å². The molecular formula is C57H34N4OS. The van der Waals surface area contributed by atoms with Crippen LogP contribution in [0.1, 0.15) is 0 Å². The van der Waals surface area contributed by atoms with Crippen molar-refractivity contribution in [3.63, 3.8) is 0 Å². The SMILES string of the molecule is c1ccc(-c2nc(-c3ccccc3)nc(-c3cc(-c4cccc(-c5cccc(-n6c7ccccc7c7ccccc76)c5)c4)cc4c3sc3ccc5oc6ccccc6c5c34)n2)cc1. The van der Waals surface area contributed by atoms with Crippen molar-refractivity contribution in [2.24, 2.45) is 0 Å². The van der Waals surface area contributed by atoms with Gasteiger partial charge in [-0.25, -0.2) is 15.0 Å². The molecule has 294 valence electrons. The maximum absolute atomic E-state index is 6.46. The molecule has 0 atom stereocenters. The van der Waals surface area contributed by atoms with Gasteiger partial charge in [-0.05, 0) is 82.9 Å². The van der Waals surface area contributed by atoms with Crippen LogP contribution in [0.4, 0.5) is 0 Å². The molecule has 4 heterocycles. The number of aromatic nitrogens is 4. The maximum Gasteiger partial charge on any atom is 0.165 e. The Labute approximate surface area is 365 Å². The van der Waals surface area contributed by atoms with Gasteiger partial charge >= 0.3 is 0 Å². The number of hydrogen-bond donors (Lipinski definition) is 0. The molecule has 0 saturated heterocycles. The standard InChI is InChI=1S/C57H34N4OS/c1-3-15-35(16-4-1)55-58-56(36-17-5-2-6-18-36)60-57(59-55)46-34-40(33-45-53-51(63-54(45)46)30-29-50-52(53)44-25-9-12-28-49(44)62-50)38-20-13-19-37(31-38)39-21-14-22-41(32-39)61-47-26-10-7-23-42(47)43-24-8-11-27-48(43)61/h1-34H. The summed E-state index contributed by atoms with van der Waals surface area (Å²) < 4.78 is 11.1. The van der Waals surface area contributed by atoms with E-state index in [2.05, 4.69) is 168 Å². The van der Waals surface area contributed by atoms with E-state index in [1.807, 2.05) is 42.5 Å². The molecule has 0 spiro atoms. The first-order chi connectivity index (χ1) is 31.2. The lowest BCUT2D eigenvalue weighted by Gasteiger charge is -2.13. The van der Waals surface area contributed by atoms with Crippen molar-refractivity contribution in [2.45, 2.75) is 0 Å². The van der Waals surface area contributed by atoms with Gasteiger partial charge in [0.25, 0.3) is 0 Å². The van der Waals surface area contributed by atoms with Crippen LogP contribution in [0.3, 0.4) is 0 Å². The summed E-state index contributed by atoms with van der Waals surface area (Å²) in [6.45, 7) is 0. The van der Waals surface area contributed by atoms with E-state index in [1.54, 1.807) is 11.3 Å². The molecule has 13 rings (SSSR count). The minimum absolute atomic E-state index is 0.629. The summed E-state index contributed by atoms with van der Waals surface area (Å²) in [7, 11) is 0. The molecule has 0 aliphatic carbocycles. The summed E-state index contributed by atoms with van der Waals surface area (Å²) in [5, 5.41) is 7.04. The smallest absolute Gasteiger partial charge is 0.165 e. The lowest BCUT2D eigenvalue weighted by molar-refractivity contribution is 0.669. The average Bonchev–Trinajstić information content (AvgIpc) is 4.04. The molecule has 0 saturated carbocycles. The molecule has 63 heavy (non-hydrogen) atoms. The minimum Gasteiger partial charge on any atom is -0.456 e. The Morgan fingerprint density at radius 2 is 0.921 bits per heavy atom. The normalized spacial score (nSPS) is 11.8. The zero-order chi connectivity index (χ0) is 41.4. The number of benzene rings is 9. The molecule has 0 aliphatic rings. The summed E-state index contributed by atoms with van der Waals surface area (Å²) in [5.74, 6) is 1.89. The van der Waals surface area contributed by atoms with Crippen LogP contribution in [0.15, 0.2) is 211 Å². The highest BCUT2D eigenvalue weighted by molar-refractivity contribution is 7.26. The Morgan fingerprint density at radius 3 is 1.62 bits per heavy atom. The zero-order valence-corrected chi connectivity index (χ0v) is 34.6. The molecule has 13 aromatic rings. The zero-order valence-electron chi connectivity index (χ0n) is 33.7. The minimum atomic E-state index is 0.629. The highest BCUT2D eigenvalue weighted by Gasteiger charge is 2.22. The van der Waals surface area contributed by atoms with E-state index in [0.29, 0.717) is 17.5 Å². The van der Waals surface area contributed by atoms with Crippen LogP contribution in [-0.4, -0.2) is 19.5 Å². The Bertz CT molecular complexity index is 3810. The quantitative estimate of drug-likeness (QED) is 0.168. The Hall–Kier alpha value is -8.19. The monoisotopic (exact) mass is 822 g/mol. The third-order valence-electron chi connectivity index (χ3n) is 12.2. The summed E-state index contributed by atoms with van der Waals surface area (Å²) in [6.07, 6.45) is 0. The molecule has 5 nitrogen and oxygen atoms in total. The number of furan rings is 1. The van der Waals surface area contributed by atoms with Crippen LogP contribution in [-0.2, 0) is 0 Å². The van der Waals surface area contributed by atoms with E-state index in [-0.39, 0.29) is 0 Å². The number of thiophene rings is 1. The van der Waals surface area contributed by atoms with Crippen molar-refractivity contribution in [3.05, 3.63) is 206 Å². The lowest BCUT2D eigenvalue weighted by Crippen LogP contribution is -2.00. The Balaban J connectivity index is 1.04. The van der Waals surface area contributed by atoms with E-state index in [4.69, 9.17) is 19.4 Å². The number of fused-ring (bicyclic) bond motifs is 10. The first-order valence-electron chi connectivity index (χ1n) is 21.1. The van der Waals surface area contributed by atoms with E-state index in [0.717, 1.165) is 76.7 Å². The van der Waals surface area contributed by atoms with Gasteiger partial charge in [0.1, 0.15) is 11.2 Å². The number of para-hydroxylation sites is 3. The summed E-state index contributed by atoms with van der Waals surface area (Å²) >= 11 is 1.77. The number of nitrogens with zero attached hydrogens (tertiary/aromatic N) is 4. The van der Waals surface area contributed by atoms with Crippen molar-refractivity contribution in [1.82, 2.24) is 19.5 Å². The van der Waals surface area contributed by atoms with E-state index >= 15 is 0 Å². The second-order valence-electron chi connectivity index (χ2n) is 16.0. The van der Waals surface area contributed by atoms with Gasteiger partial charge in [-0.1, -0.05) is 146 Å². The second-order valence-corrected chi connectivity index (χ2v) is 17.0. The summed E-state index contributed by atoms with van der Waals surface area (Å²) in [6, 6.07) is 72.7. The fourth-order valence-electron chi connectivity index (χ4n) is 9.35. The van der Waals surface area contributed by atoms with Gasteiger partial charge < -0.3 is 8.98 Å². The van der Waals surface area contributed by atoms with Crippen molar-refractivity contribution in [3.8, 4) is 62.1 Å². The third kappa shape index (κ3) is 5.80. The van der Waals surface area contributed by atoms with Gasteiger partial charge in [0.05, 0.1) is 11.0 Å². The molecular weight excluding hydrogens is 789 g/mol. The predicted molar refractivity (Wildman–Crippen MR) is 262 cm³/mol. The molecule has 0 bridgehead atoms.